The van der Waals surface area contributed by atoms with Gasteiger partial charge in [0.2, 0.25) is 5.91 Å². The maximum atomic E-state index is 12.1. The van der Waals surface area contributed by atoms with Crippen molar-refractivity contribution >= 4 is 29.1 Å². The molecule has 0 saturated carbocycles. The fourth-order valence-electron chi connectivity index (χ4n) is 2.21. The molecule has 7 heteroatoms. The van der Waals surface area contributed by atoms with Crippen molar-refractivity contribution in [1.82, 2.24) is 16.2 Å². The summed E-state index contributed by atoms with van der Waals surface area (Å²) < 4.78 is 5.68. The average molecular weight is 385 g/mol. The predicted octanol–water partition coefficient (Wildman–Crippen LogP) is 2.95. The number of ether oxygens (including phenoxy) is 1. The maximum Gasteiger partial charge on any atom is 0.269 e. The van der Waals surface area contributed by atoms with Gasteiger partial charge in [-0.25, -0.2) is 0 Å². The first kappa shape index (κ1) is 20.4. The van der Waals surface area contributed by atoms with E-state index in [-0.39, 0.29) is 22.8 Å². The summed E-state index contributed by atoms with van der Waals surface area (Å²) in [7, 11) is 0. The Bertz CT molecular complexity index is 777. The molecule has 142 valence electrons. The van der Waals surface area contributed by atoms with Gasteiger partial charge >= 0.3 is 0 Å². The molecular weight excluding hydrogens is 362 g/mol. The number of nitrogens with one attached hydrogen (secondary N) is 3. The first-order valence-corrected chi connectivity index (χ1v) is 9.02. The second kappa shape index (κ2) is 10.3. The number of amides is 2. The van der Waals surface area contributed by atoms with Crippen LogP contribution in [0.5, 0.6) is 5.75 Å². The minimum absolute atomic E-state index is 0.0526. The molecular formula is C20H23N3O3S. The molecule has 6 nitrogen and oxygen atoms in total. The van der Waals surface area contributed by atoms with Gasteiger partial charge in [0.1, 0.15) is 12.4 Å². The summed E-state index contributed by atoms with van der Waals surface area (Å²) in [4.78, 5) is 23.7. The van der Waals surface area contributed by atoms with E-state index in [9.17, 15) is 9.59 Å². The number of thiocarbonyl (C=S) groups is 1. The van der Waals surface area contributed by atoms with Crippen LogP contribution in [0.4, 0.5) is 0 Å². The van der Waals surface area contributed by atoms with E-state index in [4.69, 9.17) is 17.0 Å². The monoisotopic (exact) mass is 385 g/mol. The fourth-order valence-corrected chi connectivity index (χ4v) is 2.37. The summed E-state index contributed by atoms with van der Waals surface area (Å²) in [6, 6.07) is 16.6. The van der Waals surface area contributed by atoms with E-state index in [0.717, 1.165) is 5.56 Å². The van der Waals surface area contributed by atoms with Crippen molar-refractivity contribution in [2.24, 2.45) is 5.92 Å². The molecule has 27 heavy (non-hydrogen) atoms. The van der Waals surface area contributed by atoms with Crippen LogP contribution in [0.2, 0.25) is 0 Å². The molecule has 0 bridgehead atoms. The SMILES string of the molecule is CC(C)CC(=O)NC(=S)NNC(=O)c1ccc(OCc2ccccc2)cc1. The predicted molar refractivity (Wildman–Crippen MR) is 108 cm³/mol. The van der Waals surface area contributed by atoms with Gasteiger partial charge in [0, 0.05) is 12.0 Å². The Hall–Kier alpha value is -2.93. The van der Waals surface area contributed by atoms with Crippen LogP contribution in [0.25, 0.3) is 0 Å². The van der Waals surface area contributed by atoms with Crippen molar-refractivity contribution in [3.05, 3.63) is 65.7 Å². The highest BCUT2D eigenvalue weighted by molar-refractivity contribution is 7.80. The number of carbonyl (C=O) groups excluding carboxylic acids is 2. The van der Waals surface area contributed by atoms with E-state index in [2.05, 4.69) is 16.2 Å². The van der Waals surface area contributed by atoms with Crippen LogP contribution in [0, 0.1) is 5.92 Å². The molecule has 2 aromatic rings. The minimum Gasteiger partial charge on any atom is -0.489 e. The van der Waals surface area contributed by atoms with E-state index in [0.29, 0.717) is 24.3 Å². The normalized spacial score (nSPS) is 10.2. The molecule has 0 fully saturated rings. The molecule has 2 rings (SSSR count). The van der Waals surface area contributed by atoms with Gasteiger partial charge in [0.25, 0.3) is 5.91 Å². The molecule has 0 unspecified atom stereocenters. The Morgan fingerprint density at radius 2 is 1.67 bits per heavy atom. The summed E-state index contributed by atoms with van der Waals surface area (Å²) in [5.74, 6) is 0.326. The van der Waals surface area contributed by atoms with Gasteiger partial charge in [-0.2, -0.15) is 0 Å². The van der Waals surface area contributed by atoms with E-state index < -0.39 is 0 Å². The highest BCUT2D eigenvalue weighted by Gasteiger charge is 2.09. The van der Waals surface area contributed by atoms with Crippen LogP contribution in [0.3, 0.4) is 0 Å². The van der Waals surface area contributed by atoms with Gasteiger partial charge in [-0.15, -0.1) is 0 Å². The number of hydrazine groups is 1. The fraction of sp³-hybridized carbons (Fsp3) is 0.250. The van der Waals surface area contributed by atoms with Gasteiger partial charge in [0.05, 0.1) is 0 Å². The van der Waals surface area contributed by atoms with Crippen molar-refractivity contribution < 1.29 is 14.3 Å². The van der Waals surface area contributed by atoms with Crippen LogP contribution < -0.4 is 20.9 Å². The number of hydrogen-bond donors (Lipinski definition) is 3. The molecule has 0 spiro atoms. The second-order valence-electron chi connectivity index (χ2n) is 6.35. The smallest absolute Gasteiger partial charge is 0.269 e. The summed E-state index contributed by atoms with van der Waals surface area (Å²) >= 11 is 4.98. The zero-order valence-corrected chi connectivity index (χ0v) is 16.1. The Balaban J connectivity index is 1.77. The van der Waals surface area contributed by atoms with Gasteiger partial charge in [-0.05, 0) is 48.0 Å². The molecule has 0 radical (unpaired) electrons. The summed E-state index contributed by atoms with van der Waals surface area (Å²) in [6.45, 7) is 4.33. The van der Waals surface area contributed by atoms with Gasteiger partial charge < -0.3 is 10.1 Å². The summed E-state index contributed by atoms with van der Waals surface area (Å²) in [5.41, 5.74) is 6.47. The molecule has 0 aliphatic heterocycles. The Kier molecular flexibility index (Phi) is 7.76. The van der Waals surface area contributed by atoms with Crippen molar-refractivity contribution in [1.29, 1.82) is 0 Å². The first-order chi connectivity index (χ1) is 12.9. The first-order valence-electron chi connectivity index (χ1n) is 8.61. The molecule has 2 amide bonds. The third kappa shape index (κ3) is 7.45. The zero-order valence-electron chi connectivity index (χ0n) is 15.3. The Morgan fingerprint density at radius 3 is 2.30 bits per heavy atom. The molecule has 0 heterocycles. The van der Waals surface area contributed by atoms with E-state index in [1.807, 2.05) is 44.2 Å². The van der Waals surface area contributed by atoms with Crippen molar-refractivity contribution in [2.75, 3.05) is 0 Å². The molecule has 2 aromatic carbocycles. The van der Waals surface area contributed by atoms with Crippen LogP contribution in [-0.4, -0.2) is 16.9 Å². The number of benzene rings is 2. The molecule has 0 aliphatic rings. The van der Waals surface area contributed by atoms with Crippen LogP contribution in [-0.2, 0) is 11.4 Å². The van der Waals surface area contributed by atoms with Gasteiger partial charge in [-0.1, -0.05) is 44.2 Å². The quantitative estimate of drug-likeness (QED) is 0.526. The molecule has 0 atom stereocenters. The largest absolute Gasteiger partial charge is 0.489 e. The topological polar surface area (TPSA) is 79.5 Å². The maximum absolute atomic E-state index is 12.1. The third-order valence-electron chi connectivity index (χ3n) is 3.50. The lowest BCUT2D eigenvalue weighted by atomic mass is 10.1. The Labute approximate surface area is 164 Å². The number of hydrogen-bond acceptors (Lipinski definition) is 4. The molecule has 0 aliphatic carbocycles. The molecule has 0 aromatic heterocycles. The number of rotatable bonds is 6. The highest BCUT2D eigenvalue weighted by Crippen LogP contribution is 2.14. The highest BCUT2D eigenvalue weighted by atomic mass is 32.1. The van der Waals surface area contributed by atoms with E-state index >= 15 is 0 Å². The van der Waals surface area contributed by atoms with E-state index in [1.165, 1.54) is 0 Å². The average Bonchev–Trinajstić information content (AvgIpc) is 2.65. The van der Waals surface area contributed by atoms with Crippen LogP contribution in [0.15, 0.2) is 54.6 Å². The molecule has 0 saturated heterocycles. The van der Waals surface area contributed by atoms with Gasteiger partial charge in [-0.3, -0.25) is 20.4 Å². The van der Waals surface area contributed by atoms with Crippen molar-refractivity contribution in [3.8, 4) is 5.75 Å². The van der Waals surface area contributed by atoms with Crippen LogP contribution >= 0.6 is 12.2 Å². The standard InChI is InChI=1S/C20H23N3O3S/c1-14(2)12-18(24)21-20(27)23-22-19(25)16-8-10-17(11-9-16)26-13-15-6-4-3-5-7-15/h3-11,14H,12-13H2,1-2H3,(H,22,25)(H2,21,23,24,27). The van der Waals surface area contributed by atoms with Crippen LogP contribution in [0.1, 0.15) is 36.2 Å². The zero-order chi connectivity index (χ0) is 19.6. The van der Waals surface area contributed by atoms with Crippen molar-refractivity contribution in [2.45, 2.75) is 26.9 Å². The third-order valence-corrected chi connectivity index (χ3v) is 3.71. The van der Waals surface area contributed by atoms with E-state index in [1.54, 1.807) is 24.3 Å². The second-order valence-corrected chi connectivity index (χ2v) is 6.76. The van der Waals surface area contributed by atoms with Gasteiger partial charge in [0.15, 0.2) is 5.11 Å². The lowest BCUT2D eigenvalue weighted by Gasteiger charge is -2.12. The number of carbonyl (C=O) groups is 2. The summed E-state index contributed by atoms with van der Waals surface area (Å²) in [6.07, 6.45) is 0.361. The lowest BCUT2D eigenvalue weighted by Crippen LogP contribution is -2.48. The summed E-state index contributed by atoms with van der Waals surface area (Å²) in [5, 5.41) is 2.56. The minimum atomic E-state index is -0.370. The van der Waals surface area contributed by atoms with Crippen molar-refractivity contribution in [3.63, 3.8) is 0 Å². The molecule has 3 N–H and O–H groups in total. The lowest BCUT2D eigenvalue weighted by molar-refractivity contribution is -0.120. The Morgan fingerprint density at radius 1 is 1.00 bits per heavy atom.